The van der Waals surface area contributed by atoms with Crippen LogP contribution in [-0.4, -0.2) is 36.2 Å². The Morgan fingerprint density at radius 1 is 1.24 bits per heavy atom. The van der Waals surface area contributed by atoms with Crippen LogP contribution >= 0.6 is 0 Å². The highest BCUT2D eigenvalue weighted by molar-refractivity contribution is 6.76. The summed E-state index contributed by atoms with van der Waals surface area (Å²) in [5, 5.41) is 23.4. The molecule has 158 valence electrons. The van der Waals surface area contributed by atoms with E-state index in [0.717, 1.165) is 25.0 Å². The van der Waals surface area contributed by atoms with Crippen LogP contribution in [0.4, 0.5) is 4.39 Å². The Balaban J connectivity index is 2.31. The number of aromatic nitrogens is 2. The summed E-state index contributed by atoms with van der Waals surface area (Å²) in [7, 11) is -1.18. The van der Waals surface area contributed by atoms with Crippen LogP contribution in [0.15, 0.2) is 18.3 Å². The molecule has 1 heterocycles. The summed E-state index contributed by atoms with van der Waals surface area (Å²) in [6, 6.07) is 5.73. The number of unbranched alkanes of at least 4 members (excludes halogenated alkanes) is 1. The molecule has 1 N–H and O–H groups in total. The summed E-state index contributed by atoms with van der Waals surface area (Å²) >= 11 is 0. The average Bonchev–Trinajstić information content (AvgIpc) is 3.08. The minimum atomic E-state index is -1.18. The fraction of sp³-hybridized carbons (Fsp3) is 0.524. The molecular weight excluding hydrogens is 389 g/mol. The molecule has 0 spiro atoms. The maximum absolute atomic E-state index is 14.6. The van der Waals surface area contributed by atoms with Crippen molar-refractivity contribution in [3.8, 4) is 22.9 Å². The zero-order valence-corrected chi connectivity index (χ0v) is 18.7. The predicted octanol–water partition coefficient (Wildman–Crippen LogP) is 4.54. The maximum atomic E-state index is 14.6. The van der Waals surface area contributed by atoms with E-state index in [1.807, 2.05) is 13.0 Å². The average molecular weight is 420 g/mol. The first-order valence-corrected chi connectivity index (χ1v) is 13.6. The molecule has 0 fully saturated rings. The molecule has 0 unspecified atom stereocenters. The van der Waals surface area contributed by atoms with Gasteiger partial charge in [-0.1, -0.05) is 33.0 Å². The van der Waals surface area contributed by atoms with Gasteiger partial charge in [-0.25, -0.2) is 9.07 Å². The Morgan fingerprint density at radius 3 is 2.62 bits per heavy atom. The second-order valence-electron chi connectivity index (χ2n) is 8.18. The van der Waals surface area contributed by atoms with Gasteiger partial charge in [0.25, 0.3) is 0 Å². The number of rotatable bonds is 11. The van der Waals surface area contributed by atoms with E-state index in [0.29, 0.717) is 30.0 Å². The maximum Gasteiger partial charge on any atom is 0.167 e. The van der Waals surface area contributed by atoms with Crippen LogP contribution in [0.25, 0.3) is 11.1 Å². The van der Waals surface area contributed by atoms with Crippen LogP contribution in [0.3, 0.4) is 0 Å². The lowest BCUT2D eigenvalue weighted by Gasteiger charge is -2.15. The normalized spacial score (nSPS) is 11.5. The summed E-state index contributed by atoms with van der Waals surface area (Å²) in [5.74, 6) is -0.524. The van der Waals surface area contributed by atoms with Gasteiger partial charge in [0.15, 0.2) is 11.6 Å². The number of benzene rings is 1. The highest BCUT2D eigenvalue weighted by atomic mass is 28.3. The second-order valence-corrected chi connectivity index (χ2v) is 13.8. The molecule has 8 heteroatoms. The van der Waals surface area contributed by atoms with E-state index in [9.17, 15) is 14.8 Å². The van der Waals surface area contributed by atoms with Gasteiger partial charge in [0.1, 0.15) is 6.73 Å². The topological polar surface area (TPSA) is 80.3 Å². The molecule has 0 aliphatic rings. The minimum absolute atomic E-state index is 0.0753. The zero-order chi connectivity index (χ0) is 21.4. The summed E-state index contributed by atoms with van der Waals surface area (Å²) in [6.07, 6.45) is 3.40. The molecule has 2 aromatic rings. The summed E-state index contributed by atoms with van der Waals surface area (Å²) in [6.45, 7) is 9.80. The van der Waals surface area contributed by atoms with E-state index in [1.54, 1.807) is 16.9 Å². The van der Waals surface area contributed by atoms with E-state index >= 15 is 0 Å². The molecule has 1 aromatic heterocycles. The number of hydrogen-bond acceptors (Lipinski definition) is 5. The zero-order valence-electron chi connectivity index (χ0n) is 17.7. The second kappa shape index (κ2) is 10.5. The van der Waals surface area contributed by atoms with Gasteiger partial charge in [-0.3, -0.25) is 0 Å². The van der Waals surface area contributed by atoms with Gasteiger partial charge < -0.3 is 14.6 Å². The molecule has 0 saturated carbocycles. The van der Waals surface area contributed by atoms with Crippen molar-refractivity contribution >= 4 is 8.07 Å². The Bertz CT molecular complexity index is 856. The molecule has 0 aliphatic carbocycles. The quantitative estimate of drug-likeness (QED) is 0.427. The Morgan fingerprint density at radius 2 is 2.00 bits per heavy atom. The van der Waals surface area contributed by atoms with Gasteiger partial charge >= 0.3 is 0 Å². The van der Waals surface area contributed by atoms with E-state index in [4.69, 9.17) is 9.47 Å². The summed E-state index contributed by atoms with van der Waals surface area (Å²) < 4.78 is 27.6. The molecular formula is C21H30FN3O3Si. The predicted molar refractivity (Wildman–Crippen MR) is 113 cm³/mol. The van der Waals surface area contributed by atoms with Crippen molar-refractivity contribution in [3.05, 3.63) is 35.4 Å². The molecule has 0 atom stereocenters. The molecule has 0 aliphatic heterocycles. The molecule has 0 saturated heterocycles. The van der Waals surface area contributed by atoms with Gasteiger partial charge in [-0.15, -0.1) is 0 Å². The Kier molecular flexibility index (Phi) is 8.38. The number of nitriles is 1. The van der Waals surface area contributed by atoms with Gasteiger partial charge in [0.05, 0.1) is 30.5 Å². The Labute approximate surface area is 172 Å². The lowest BCUT2D eigenvalue weighted by molar-refractivity contribution is 0.0779. The molecule has 29 heavy (non-hydrogen) atoms. The number of aliphatic hydroxyl groups is 1. The van der Waals surface area contributed by atoms with Gasteiger partial charge in [-0.2, -0.15) is 10.4 Å². The summed E-state index contributed by atoms with van der Waals surface area (Å²) in [4.78, 5) is 0. The van der Waals surface area contributed by atoms with Crippen LogP contribution < -0.4 is 4.74 Å². The minimum Gasteiger partial charge on any atom is -0.490 e. The number of hydrogen-bond donors (Lipinski definition) is 1. The number of aliphatic hydroxyl groups excluding tert-OH is 1. The van der Waals surface area contributed by atoms with E-state index < -0.39 is 13.9 Å². The third kappa shape index (κ3) is 6.67. The molecule has 1 aromatic carbocycles. The van der Waals surface area contributed by atoms with Gasteiger partial charge in [-0.05, 0) is 24.6 Å². The monoisotopic (exact) mass is 419 g/mol. The lowest BCUT2D eigenvalue weighted by Crippen LogP contribution is -2.22. The number of nitrogens with zero attached hydrogens (tertiary/aromatic N) is 3. The number of halogens is 1. The highest BCUT2D eigenvalue weighted by Crippen LogP contribution is 2.36. The molecule has 0 bridgehead atoms. The van der Waals surface area contributed by atoms with E-state index in [1.165, 1.54) is 0 Å². The van der Waals surface area contributed by atoms with E-state index in [2.05, 4.69) is 24.7 Å². The molecule has 2 rings (SSSR count). The fourth-order valence-corrected chi connectivity index (χ4v) is 3.49. The molecule has 0 radical (unpaired) electrons. The van der Waals surface area contributed by atoms with Crippen molar-refractivity contribution in [2.75, 3.05) is 13.2 Å². The largest absolute Gasteiger partial charge is 0.490 e. The SMILES string of the molecule is CCCCOc1c(F)cc(C#N)cc1-c1cn(COCC[Si](C)(C)C)nc1CO. The molecule has 0 amide bonds. The van der Waals surface area contributed by atoms with Crippen LogP contribution in [0.5, 0.6) is 5.75 Å². The molecule has 6 nitrogen and oxygen atoms in total. The van der Waals surface area contributed by atoms with Crippen molar-refractivity contribution in [3.63, 3.8) is 0 Å². The van der Waals surface area contributed by atoms with Crippen LogP contribution in [-0.2, 0) is 18.1 Å². The lowest BCUT2D eigenvalue weighted by atomic mass is 10.0. The highest BCUT2D eigenvalue weighted by Gasteiger charge is 2.20. The van der Waals surface area contributed by atoms with Crippen molar-refractivity contribution in [2.24, 2.45) is 0 Å². The summed E-state index contributed by atoms with van der Waals surface area (Å²) in [5.41, 5.74) is 1.51. The third-order valence-corrected chi connectivity index (χ3v) is 6.12. The Hall–Kier alpha value is -2.21. The smallest absolute Gasteiger partial charge is 0.167 e. The first-order chi connectivity index (χ1) is 13.8. The fourth-order valence-electron chi connectivity index (χ4n) is 2.73. The number of ether oxygens (including phenoxy) is 2. The third-order valence-electron chi connectivity index (χ3n) is 4.42. The van der Waals surface area contributed by atoms with Crippen molar-refractivity contribution in [1.29, 1.82) is 5.26 Å². The first-order valence-electron chi connectivity index (χ1n) is 9.90. The van der Waals surface area contributed by atoms with Crippen molar-refractivity contribution in [1.82, 2.24) is 9.78 Å². The standard InChI is InChI=1S/C21H30FN3O3Si/c1-5-6-7-28-21-17(10-16(12-23)11-19(21)22)18-13-25(24-20(18)14-26)15-27-8-9-29(2,3)4/h10-11,13,26H,5-9,14-15H2,1-4H3. The van der Waals surface area contributed by atoms with Crippen molar-refractivity contribution < 1.29 is 19.0 Å². The van der Waals surface area contributed by atoms with Crippen LogP contribution in [0, 0.1) is 17.1 Å². The first kappa shape index (κ1) is 23.1. The van der Waals surface area contributed by atoms with Gasteiger partial charge in [0, 0.05) is 32.0 Å². The van der Waals surface area contributed by atoms with E-state index in [-0.39, 0.29) is 24.7 Å². The van der Waals surface area contributed by atoms with Gasteiger partial charge in [0.2, 0.25) is 0 Å². The van der Waals surface area contributed by atoms with Crippen LogP contribution in [0.1, 0.15) is 31.0 Å². The van der Waals surface area contributed by atoms with Crippen LogP contribution in [0.2, 0.25) is 25.7 Å². The van der Waals surface area contributed by atoms with Crippen molar-refractivity contribution in [2.45, 2.75) is 58.8 Å².